The van der Waals surface area contributed by atoms with Crippen molar-refractivity contribution in [2.75, 3.05) is 19.7 Å². The number of carbonyl (C=O) groups excluding carboxylic acids is 1. The Labute approximate surface area is 93.5 Å². The van der Waals surface area contributed by atoms with E-state index >= 15 is 0 Å². The summed E-state index contributed by atoms with van der Waals surface area (Å²) in [5.74, 6) is 0.688. The Morgan fingerprint density at radius 1 is 1.47 bits per heavy atom. The number of carbonyl (C=O) groups is 1. The monoisotopic (exact) mass is 215 g/mol. The van der Waals surface area contributed by atoms with Crippen LogP contribution >= 0.6 is 0 Å². The van der Waals surface area contributed by atoms with Crippen molar-refractivity contribution in [3.63, 3.8) is 0 Å². The topological polar surface area (TPSA) is 40.5 Å². The summed E-state index contributed by atoms with van der Waals surface area (Å²) < 4.78 is 0. The SMILES string of the molecule is CC(C)(C)C1CCN(C=O)C1.CCCO. The van der Waals surface area contributed by atoms with E-state index in [2.05, 4.69) is 20.8 Å². The first kappa shape index (κ1) is 14.4. The number of aliphatic hydroxyl groups is 1. The van der Waals surface area contributed by atoms with Gasteiger partial charge in [-0.3, -0.25) is 4.79 Å². The highest BCUT2D eigenvalue weighted by Gasteiger charge is 2.30. The minimum absolute atomic E-state index is 0.319. The first-order valence-corrected chi connectivity index (χ1v) is 5.75. The van der Waals surface area contributed by atoms with E-state index in [0.717, 1.165) is 25.9 Å². The number of amides is 1. The molecular formula is C12H25NO2. The highest BCUT2D eigenvalue weighted by Crippen LogP contribution is 2.32. The lowest BCUT2D eigenvalue weighted by Crippen LogP contribution is -2.24. The van der Waals surface area contributed by atoms with Gasteiger partial charge in [0, 0.05) is 19.7 Å². The summed E-state index contributed by atoms with van der Waals surface area (Å²) in [5.41, 5.74) is 0.359. The number of nitrogens with zero attached hydrogens (tertiary/aromatic N) is 1. The van der Waals surface area contributed by atoms with Crippen LogP contribution < -0.4 is 0 Å². The van der Waals surface area contributed by atoms with Crippen molar-refractivity contribution in [2.45, 2.75) is 40.5 Å². The van der Waals surface area contributed by atoms with Crippen LogP contribution in [-0.2, 0) is 4.79 Å². The second-order valence-corrected chi connectivity index (χ2v) is 5.18. The molecule has 1 aliphatic rings. The van der Waals surface area contributed by atoms with Crippen molar-refractivity contribution in [2.24, 2.45) is 11.3 Å². The molecule has 0 aliphatic carbocycles. The smallest absolute Gasteiger partial charge is 0.209 e. The van der Waals surface area contributed by atoms with Gasteiger partial charge >= 0.3 is 0 Å². The Morgan fingerprint density at radius 3 is 2.20 bits per heavy atom. The Bertz CT molecular complexity index is 173. The van der Waals surface area contributed by atoms with Crippen molar-refractivity contribution >= 4 is 6.41 Å². The van der Waals surface area contributed by atoms with Gasteiger partial charge in [-0.05, 0) is 24.2 Å². The van der Waals surface area contributed by atoms with Crippen LogP contribution in [0.4, 0.5) is 0 Å². The van der Waals surface area contributed by atoms with E-state index in [4.69, 9.17) is 5.11 Å². The number of rotatable bonds is 2. The molecule has 0 aromatic carbocycles. The van der Waals surface area contributed by atoms with Gasteiger partial charge < -0.3 is 10.0 Å². The first-order chi connectivity index (χ1) is 6.95. The van der Waals surface area contributed by atoms with Gasteiger partial charge in [-0.15, -0.1) is 0 Å². The molecule has 3 nitrogen and oxygen atoms in total. The van der Waals surface area contributed by atoms with E-state index in [1.54, 1.807) is 0 Å². The molecule has 1 atom stereocenters. The summed E-state index contributed by atoms with van der Waals surface area (Å²) in [5, 5.41) is 7.88. The lowest BCUT2D eigenvalue weighted by molar-refractivity contribution is -0.117. The van der Waals surface area contributed by atoms with Crippen LogP contribution in [-0.4, -0.2) is 36.1 Å². The predicted octanol–water partition coefficient (Wildman–Crippen LogP) is 1.90. The quantitative estimate of drug-likeness (QED) is 0.715. The van der Waals surface area contributed by atoms with Gasteiger partial charge in [-0.25, -0.2) is 0 Å². The van der Waals surface area contributed by atoms with Crippen LogP contribution in [0.2, 0.25) is 0 Å². The second kappa shape index (κ2) is 6.83. The van der Waals surface area contributed by atoms with Gasteiger partial charge in [-0.1, -0.05) is 27.7 Å². The molecule has 1 fully saturated rings. The Hall–Kier alpha value is -0.570. The maximum atomic E-state index is 10.4. The van der Waals surface area contributed by atoms with Crippen LogP contribution in [0.5, 0.6) is 0 Å². The summed E-state index contributed by atoms with van der Waals surface area (Å²) >= 11 is 0. The van der Waals surface area contributed by atoms with E-state index in [1.807, 2.05) is 11.8 Å². The van der Waals surface area contributed by atoms with Crippen LogP contribution in [0.15, 0.2) is 0 Å². The predicted molar refractivity (Wildman–Crippen MR) is 62.6 cm³/mol. The number of hydrogen-bond acceptors (Lipinski definition) is 2. The average Bonchev–Trinajstić information content (AvgIpc) is 2.66. The third kappa shape index (κ3) is 5.78. The summed E-state index contributed by atoms with van der Waals surface area (Å²) in [6, 6.07) is 0. The highest BCUT2D eigenvalue weighted by atomic mass is 16.2. The first-order valence-electron chi connectivity index (χ1n) is 5.75. The zero-order valence-corrected chi connectivity index (χ0v) is 10.5. The molecule has 1 unspecified atom stereocenters. The molecule has 0 aromatic rings. The third-order valence-corrected chi connectivity index (χ3v) is 2.82. The summed E-state index contributed by atoms with van der Waals surface area (Å²) in [7, 11) is 0. The molecule has 1 rings (SSSR count). The van der Waals surface area contributed by atoms with Gasteiger partial charge in [0.2, 0.25) is 6.41 Å². The normalized spacial score (nSPS) is 20.9. The van der Waals surface area contributed by atoms with E-state index < -0.39 is 0 Å². The number of aliphatic hydroxyl groups excluding tert-OH is 1. The van der Waals surface area contributed by atoms with Gasteiger partial charge in [0.25, 0.3) is 0 Å². The van der Waals surface area contributed by atoms with Crippen LogP contribution in [0.25, 0.3) is 0 Å². The maximum Gasteiger partial charge on any atom is 0.209 e. The van der Waals surface area contributed by atoms with Crippen molar-refractivity contribution < 1.29 is 9.90 Å². The highest BCUT2D eigenvalue weighted by molar-refractivity contribution is 5.47. The molecule has 90 valence electrons. The fourth-order valence-corrected chi connectivity index (χ4v) is 1.59. The lowest BCUT2D eigenvalue weighted by Gasteiger charge is -2.26. The van der Waals surface area contributed by atoms with E-state index in [-0.39, 0.29) is 0 Å². The molecule has 0 bridgehead atoms. The molecule has 0 spiro atoms. The van der Waals surface area contributed by atoms with Crippen LogP contribution in [0, 0.1) is 11.3 Å². The molecular weight excluding hydrogens is 190 g/mol. The molecule has 1 amide bonds. The molecule has 15 heavy (non-hydrogen) atoms. The summed E-state index contributed by atoms with van der Waals surface area (Å²) in [6.07, 6.45) is 3.01. The van der Waals surface area contributed by atoms with E-state index in [9.17, 15) is 4.79 Å². The minimum atomic E-state index is 0.319. The van der Waals surface area contributed by atoms with Crippen molar-refractivity contribution in [3.05, 3.63) is 0 Å². The van der Waals surface area contributed by atoms with Crippen molar-refractivity contribution in [1.29, 1.82) is 0 Å². The van der Waals surface area contributed by atoms with E-state index in [0.29, 0.717) is 17.9 Å². The minimum Gasteiger partial charge on any atom is -0.396 e. The standard InChI is InChI=1S/C9H17NO.C3H8O/c1-9(2,3)8-4-5-10(6-8)7-11;1-2-3-4/h7-8H,4-6H2,1-3H3;4H,2-3H2,1H3. The maximum absolute atomic E-state index is 10.4. The summed E-state index contributed by atoms with van der Waals surface area (Å²) in [4.78, 5) is 12.3. The van der Waals surface area contributed by atoms with Crippen molar-refractivity contribution in [3.8, 4) is 0 Å². The van der Waals surface area contributed by atoms with E-state index in [1.165, 1.54) is 6.42 Å². The summed E-state index contributed by atoms with van der Waals surface area (Å²) in [6.45, 7) is 10.9. The van der Waals surface area contributed by atoms with Gasteiger partial charge in [0.15, 0.2) is 0 Å². The Kier molecular flexibility index (Phi) is 6.57. The Balaban J connectivity index is 0.000000423. The van der Waals surface area contributed by atoms with Crippen LogP contribution in [0.1, 0.15) is 40.5 Å². The largest absolute Gasteiger partial charge is 0.396 e. The van der Waals surface area contributed by atoms with Gasteiger partial charge in [0.1, 0.15) is 0 Å². The Morgan fingerprint density at radius 2 is 2.00 bits per heavy atom. The molecule has 0 saturated carbocycles. The molecule has 1 saturated heterocycles. The van der Waals surface area contributed by atoms with Crippen molar-refractivity contribution in [1.82, 2.24) is 4.90 Å². The van der Waals surface area contributed by atoms with Crippen LogP contribution in [0.3, 0.4) is 0 Å². The third-order valence-electron chi connectivity index (χ3n) is 2.82. The molecule has 3 heteroatoms. The zero-order chi connectivity index (χ0) is 11.9. The fourth-order valence-electron chi connectivity index (χ4n) is 1.59. The van der Waals surface area contributed by atoms with Gasteiger partial charge in [-0.2, -0.15) is 0 Å². The lowest BCUT2D eigenvalue weighted by atomic mass is 9.80. The molecule has 0 radical (unpaired) electrons. The number of hydrogen-bond donors (Lipinski definition) is 1. The average molecular weight is 215 g/mol. The molecule has 1 N–H and O–H groups in total. The number of likely N-dealkylation sites (tertiary alicyclic amines) is 1. The zero-order valence-electron chi connectivity index (χ0n) is 10.5. The molecule has 1 aliphatic heterocycles. The van der Waals surface area contributed by atoms with Gasteiger partial charge in [0.05, 0.1) is 0 Å². The molecule has 1 heterocycles. The fraction of sp³-hybridized carbons (Fsp3) is 0.917. The molecule has 0 aromatic heterocycles. The second-order valence-electron chi connectivity index (χ2n) is 5.18.